The lowest BCUT2D eigenvalue weighted by molar-refractivity contribution is 0.415. The van der Waals surface area contributed by atoms with E-state index in [1.807, 2.05) is 0 Å². The summed E-state index contributed by atoms with van der Waals surface area (Å²) in [6, 6.07) is 50.2. The molecule has 0 radical (unpaired) electrons. The smallest absolute Gasteiger partial charge is 0.119 e. The van der Waals surface area contributed by atoms with Crippen molar-refractivity contribution in [1.29, 1.82) is 0 Å². The lowest BCUT2D eigenvalue weighted by Gasteiger charge is -2.24. The Morgan fingerprint density at radius 3 is 1.10 bits per heavy atom. The Hall–Kier alpha value is -4.62. The van der Waals surface area contributed by atoms with Crippen LogP contribution in [0.15, 0.2) is 140 Å². The van der Waals surface area contributed by atoms with E-state index in [-0.39, 0.29) is 0 Å². The standard InChI is InChI=1S/C39H34O/c1-40-33-22-23-34-35(24-29-14-6-2-7-15-29)36(25-30-16-8-3-9-17-30)37(26-31-18-10-4-11-19-31)38(39(34)28-33)27-32-20-12-5-13-21-32/h2-23,28H,24-27H2,1H3. The van der Waals surface area contributed by atoms with Crippen LogP contribution in [-0.4, -0.2) is 7.11 Å². The van der Waals surface area contributed by atoms with E-state index in [0.717, 1.165) is 31.4 Å². The van der Waals surface area contributed by atoms with E-state index in [4.69, 9.17) is 4.74 Å². The zero-order valence-corrected chi connectivity index (χ0v) is 23.0. The van der Waals surface area contributed by atoms with Crippen molar-refractivity contribution in [2.45, 2.75) is 25.7 Å². The fourth-order valence-corrected chi connectivity index (χ4v) is 5.88. The van der Waals surface area contributed by atoms with Gasteiger partial charge in [-0.05, 0) is 93.1 Å². The van der Waals surface area contributed by atoms with Gasteiger partial charge in [-0.1, -0.05) is 127 Å². The van der Waals surface area contributed by atoms with Crippen LogP contribution in [0.5, 0.6) is 5.75 Å². The third-order valence-electron chi connectivity index (χ3n) is 7.86. The zero-order valence-electron chi connectivity index (χ0n) is 23.0. The van der Waals surface area contributed by atoms with Crippen LogP contribution in [0.1, 0.15) is 44.5 Å². The molecule has 0 N–H and O–H groups in total. The Kier molecular flexibility index (Phi) is 7.73. The first kappa shape index (κ1) is 25.6. The van der Waals surface area contributed by atoms with E-state index >= 15 is 0 Å². The highest BCUT2D eigenvalue weighted by molar-refractivity contribution is 5.93. The summed E-state index contributed by atoms with van der Waals surface area (Å²) in [5.41, 5.74) is 11.0. The molecule has 0 aliphatic rings. The molecular formula is C39H34O. The Balaban J connectivity index is 1.67. The molecule has 0 atom stereocenters. The molecule has 0 aliphatic carbocycles. The first-order chi connectivity index (χ1) is 19.8. The molecule has 40 heavy (non-hydrogen) atoms. The van der Waals surface area contributed by atoms with Crippen LogP contribution in [0, 0.1) is 0 Å². The summed E-state index contributed by atoms with van der Waals surface area (Å²) >= 11 is 0. The van der Waals surface area contributed by atoms with E-state index < -0.39 is 0 Å². The highest BCUT2D eigenvalue weighted by Gasteiger charge is 2.21. The molecule has 6 rings (SSSR count). The summed E-state index contributed by atoms with van der Waals surface area (Å²) in [7, 11) is 1.76. The molecule has 0 amide bonds. The minimum atomic E-state index is 0.875. The topological polar surface area (TPSA) is 9.23 Å². The number of hydrogen-bond donors (Lipinski definition) is 0. The van der Waals surface area contributed by atoms with Crippen LogP contribution in [0.25, 0.3) is 10.8 Å². The number of ether oxygens (including phenoxy) is 1. The fraction of sp³-hybridized carbons (Fsp3) is 0.128. The molecular weight excluding hydrogens is 484 g/mol. The first-order valence-corrected chi connectivity index (χ1v) is 14.1. The van der Waals surface area contributed by atoms with Crippen LogP contribution in [0.2, 0.25) is 0 Å². The number of rotatable bonds is 9. The summed E-state index contributed by atoms with van der Waals surface area (Å²) in [6.45, 7) is 0. The van der Waals surface area contributed by atoms with Gasteiger partial charge < -0.3 is 4.74 Å². The quantitative estimate of drug-likeness (QED) is 0.185. The van der Waals surface area contributed by atoms with Crippen LogP contribution in [-0.2, 0) is 25.7 Å². The maximum Gasteiger partial charge on any atom is 0.119 e. The van der Waals surface area contributed by atoms with Gasteiger partial charge in [0.15, 0.2) is 0 Å². The Morgan fingerprint density at radius 1 is 0.375 bits per heavy atom. The first-order valence-electron chi connectivity index (χ1n) is 14.1. The number of methoxy groups -OCH3 is 1. The lowest BCUT2D eigenvalue weighted by atomic mass is 9.80. The van der Waals surface area contributed by atoms with Crippen LogP contribution < -0.4 is 4.74 Å². The second-order valence-electron chi connectivity index (χ2n) is 10.5. The molecule has 0 saturated carbocycles. The van der Waals surface area contributed by atoms with Crippen molar-refractivity contribution in [3.8, 4) is 5.75 Å². The number of hydrogen-bond acceptors (Lipinski definition) is 1. The molecule has 0 bridgehead atoms. The van der Waals surface area contributed by atoms with Gasteiger partial charge in [-0.3, -0.25) is 0 Å². The molecule has 0 fully saturated rings. The zero-order chi connectivity index (χ0) is 27.1. The average molecular weight is 519 g/mol. The molecule has 6 aromatic rings. The van der Waals surface area contributed by atoms with E-state index in [1.165, 1.54) is 55.3 Å². The fourth-order valence-electron chi connectivity index (χ4n) is 5.88. The van der Waals surface area contributed by atoms with Gasteiger partial charge in [0.1, 0.15) is 5.75 Å². The summed E-state index contributed by atoms with van der Waals surface area (Å²) in [6.07, 6.45) is 3.55. The van der Waals surface area contributed by atoms with Gasteiger partial charge >= 0.3 is 0 Å². The highest BCUT2D eigenvalue weighted by atomic mass is 16.5. The van der Waals surface area contributed by atoms with E-state index in [1.54, 1.807) is 7.11 Å². The van der Waals surface area contributed by atoms with Crippen molar-refractivity contribution < 1.29 is 4.74 Å². The molecule has 0 unspecified atom stereocenters. The van der Waals surface area contributed by atoms with Crippen LogP contribution in [0.3, 0.4) is 0 Å². The maximum atomic E-state index is 5.77. The van der Waals surface area contributed by atoms with E-state index in [9.17, 15) is 0 Å². The monoisotopic (exact) mass is 518 g/mol. The van der Waals surface area contributed by atoms with Crippen molar-refractivity contribution in [1.82, 2.24) is 0 Å². The number of benzene rings is 6. The lowest BCUT2D eigenvalue weighted by Crippen LogP contribution is -2.10. The van der Waals surface area contributed by atoms with Gasteiger partial charge in [0.2, 0.25) is 0 Å². The second-order valence-corrected chi connectivity index (χ2v) is 10.5. The van der Waals surface area contributed by atoms with Gasteiger partial charge in [0.05, 0.1) is 7.11 Å². The molecule has 1 nitrogen and oxygen atoms in total. The summed E-state index contributed by atoms with van der Waals surface area (Å²) in [5, 5.41) is 2.61. The Labute approximate surface area is 237 Å². The van der Waals surface area contributed by atoms with Gasteiger partial charge in [-0.25, -0.2) is 0 Å². The van der Waals surface area contributed by atoms with Gasteiger partial charge in [0.25, 0.3) is 0 Å². The predicted molar refractivity (Wildman–Crippen MR) is 167 cm³/mol. The predicted octanol–water partition coefficient (Wildman–Crippen LogP) is 9.21. The van der Waals surface area contributed by atoms with Crippen molar-refractivity contribution in [2.24, 2.45) is 0 Å². The maximum absolute atomic E-state index is 5.77. The summed E-state index contributed by atoms with van der Waals surface area (Å²) in [4.78, 5) is 0. The third-order valence-corrected chi connectivity index (χ3v) is 7.86. The second kappa shape index (κ2) is 12.1. The molecule has 6 aromatic carbocycles. The van der Waals surface area contributed by atoms with Crippen LogP contribution >= 0.6 is 0 Å². The third kappa shape index (κ3) is 5.70. The van der Waals surface area contributed by atoms with Gasteiger partial charge in [0, 0.05) is 0 Å². The van der Waals surface area contributed by atoms with E-state index in [0.29, 0.717) is 0 Å². The summed E-state index contributed by atoms with van der Waals surface area (Å²) < 4.78 is 5.77. The Bertz CT molecular complexity index is 1690. The molecule has 0 aromatic heterocycles. The molecule has 0 saturated heterocycles. The average Bonchev–Trinajstić information content (AvgIpc) is 3.02. The van der Waals surface area contributed by atoms with E-state index in [2.05, 4.69) is 140 Å². The van der Waals surface area contributed by atoms with Gasteiger partial charge in [-0.15, -0.1) is 0 Å². The molecule has 0 heterocycles. The van der Waals surface area contributed by atoms with Crippen molar-refractivity contribution in [3.63, 3.8) is 0 Å². The number of fused-ring (bicyclic) bond motifs is 1. The van der Waals surface area contributed by atoms with Gasteiger partial charge in [-0.2, -0.15) is 0 Å². The van der Waals surface area contributed by atoms with Crippen LogP contribution in [0.4, 0.5) is 0 Å². The highest BCUT2D eigenvalue weighted by Crippen LogP contribution is 2.38. The SMILES string of the molecule is COc1ccc2c(Cc3ccccc3)c(Cc3ccccc3)c(Cc3ccccc3)c(Cc3ccccc3)c2c1. The molecule has 0 aliphatic heterocycles. The Morgan fingerprint density at radius 2 is 0.725 bits per heavy atom. The van der Waals surface area contributed by atoms with Crippen molar-refractivity contribution in [2.75, 3.05) is 7.11 Å². The normalized spacial score (nSPS) is 11.0. The molecule has 0 spiro atoms. The molecule has 1 heteroatoms. The largest absolute Gasteiger partial charge is 0.497 e. The minimum absolute atomic E-state index is 0.875. The van der Waals surface area contributed by atoms with Crippen molar-refractivity contribution in [3.05, 3.63) is 184 Å². The summed E-state index contributed by atoms with van der Waals surface area (Å²) in [5.74, 6) is 0.897. The molecule has 196 valence electrons. The van der Waals surface area contributed by atoms with Crippen molar-refractivity contribution >= 4 is 10.8 Å². The minimum Gasteiger partial charge on any atom is -0.497 e.